The number of aromatic nitrogens is 2. The number of aromatic amines is 1. The van der Waals surface area contributed by atoms with Gasteiger partial charge < -0.3 is 5.32 Å². The molecule has 0 aliphatic rings. The highest BCUT2D eigenvalue weighted by Gasteiger charge is 2.15. The third kappa shape index (κ3) is 3.14. The fourth-order valence-electron chi connectivity index (χ4n) is 2.73. The van der Waals surface area contributed by atoms with Crippen molar-refractivity contribution < 1.29 is 9.78 Å². The van der Waals surface area contributed by atoms with Crippen molar-refractivity contribution in [3.63, 3.8) is 0 Å². The number of para-hydroxylation sites is 1. The number of amides is 1. The summed E-state index contributed by atoms with van der Waals surface area (Å²) in [6.07, 6.45) is 3.56. The van der Waals surface area contributed by atoms with Gasteiger partial charge in [-0.1, -0.05) is 18.2 Å². The summed E-state index contributed by atoms with van der Waals surface area (Å²) in [5.41, 5.74) is 2.98. The summed E-state index contributed by atoms with van der Waals surface area (Å²) in [4.78, 5) is 22.8. The van der Waals surface area contributed by atoms with Gasteiger partial charge in [0.05, 0.1) is 21.7 Å². The molecule has 0 saturated carbocycles. The van der Waals surface area contributed by atoms with Crippen molar-refractivity contribution in [2.24, 2.45) is 0 Å². The Morgan fingerprint density at radius 3 is 2.76 bits per heavy atom. The highest BCUT2D eigenvalue weighted by atomic mass is 32.1. The maximum absolute atomic E-state index is 12.9. The van der Waals surface area contributed by atoms with E-state index in [0.717, 1.165) is 27.2 Å². The normalized spacial score (nSPS) is 10.8. The van der Waals surface area contributed by atoms with E-state index in [0.29, 0.717) is 5.56 Å². The third-order valence-corrected chi connectivity index (χ3v) is 4.94. The van der Waals surface area contributed by atoms with E-state index in [2.05, 4.69) is 23.3 Å². The zero-order chi connectivity index (χ0) is 17.2. The lowest BCUT2D eigenvalue weighted by atomic mass is 10.1. The minimum Gasteiger partial charge on any atom is -0.317 e. The van der Waals surface area contributed by atoms with E-state index in [1.165, 1.54) is 4.88 Å². The van der Waals surface area contributed by atoms with Gasteiger partial charge in [-0.25, -0.2) is 9.97 Å². The summed E-state index contributed by atoms with van der Waals surface area (Å²) in [5, 5.41) is 3.78. The lowest BCUT2D eigenvalue weighted by Gasteiger charge is -2.09. The van der Waals surface area contributed by atoms with Crippen LogP contribution in [0.3, 0.4) is 0 Å². The van der Waals surface area contributed by atoms with Gasteiger partial charge in [-0.05, 0) is 37.3 Å². The van der Waals surface area contributed by atoms with Gasteiger partial charge in [0.1, 0.15) is 5.69 Å². The Hall–Kier alpha value is -3.05. The molecule has 1 amide bonds. The standard InChI is InChI=1S/C20H15N3OS/c1-13-8-9-19(25-13)18-11-16(15-6-2-3-7-17(15)23-18)20(24)22-14-5-4-10-21-12-14/h2-12H,1H3,(H,22,24)/p+1. The Morgan fingerprint density at radius 2 is 2.00 bits per heavy atom. The van der Waals surface area contributed by atoms with Crippen LogP contribution in [0.15, 0.2) is 67.0 Å². The van der Waals surface area contributed by atoms with Crippen LogP contribution < -0.4 is 10.3 Å². The fraction of sp³-hybridized carbons (Fsp3) is 0.0500. The van der Waals surface area contributed by atoms with Crippen LogP contribution in [0, 0.1) is 6.92 Å². The van der Waals surface area contributed by atoms with Crippen molar-refractivity contribution in [1.29, 1.82) is 0 Å². The van der Waals surface area contributed by atoms with Gasteiger partial charge in [0.25, 0.3) is 5.91 Å². The maximum Gasteiger partial charge on any atom is 0.256 e. The molecule has 0 radical (unpaired) electrons. The Bertz CT molecular complexity index is 1060. The number of carbonyl (C=O) groups is 1. The van der Waals surface area contributed by atoms with Gasteiger partial charge in [-0.15, -0.1) is 11.3 Å². The number of H-pyrrole nitrogens is 1. The average Bonchev–Trinajstić information content (AvgIpc) is 3.08. The van der Waals surface area contributed by atoms with Crippen LogP contribution in [-0.4, -0.2) is 10.9 Å². The van der Waals surface area contributed by atoms with E-state index >= 15 is 0 Å². The molecule has 1 aromatic carbocycles. The number of nitrogens with zero attached hydrogens (tertiary/aromatic N) is 1. The number of benzene rings is 1. The molecule has 25 heavy (non-hydrogen) atoms. The Balaban J connectivity index is 1.82. The molecular formula is C20H16N3OS+. The predicted octanol–water partition coefficient (Wildman–Crippen LogP) is 4.34. The first-order valence-electron chi connectivity index (χ1n) is 7.95. The summed E-state index contributed by atoms with van der Waals surface area (Å²) in [7, 11) is 0. The summed E-state index contributed by atoms with van der Waals surface area (Å²) in [5.74, 6) is -0.146. The zero-order valence-electron chi connectivity index (χ0n) is 13.6. The van der Waals surface area contributed by atoms with Crippen LogP contribution in [0.2, 0.25) is 0 Å². The number of rotatable bonds is 3. The summed E-state index contributed by atoms with van der Waals surface area (Å²) < 4.78 is 0. The van der Waals surface area contributed by atoms with E-state index in [1.807, 2.05) is 48.5 Å². The quantitative estimate of drug-likeness (QED) is 0.600. The minimum absolute atomic E-state index is 0.146. The highest BCUT2D eigenvalue weighted by Crippen LogP contribution is 2.30. The number of thiophene rings is 1. The summed E-state index contributed by atoms with van der Waals surface area (Å²) >= 11 is 1.67. The molecule has 0 aliphatic carbocycles. The molecule has 0 saturated heterocycles. The Morgan fingerprint density at radius 1 is 1.12 bits per heavy atom. The molecular weight excluding hydrogens is 330 g/mol. The van der Waals surface area contributed by atoms with Crippen LogP contribution >= 0.6 is 11.3 Å². The first kappa shape index (κ1) is 15.5. The maximum atomic E-state index is 12.9. The lowest BCUT2D eigenvalue weighted by molar-refractivity contribution is -0.377. The van der Waals surface area contributed by atoms with Crippen LogP contribution in [-0.2, 0) is 0 Å². The SMILES string of the molecule is Cc1ccc(-c2cc(C(=O)Nc3ccc[nH+]c3)c3ccccc3n2)s1. The molecule has 4 rings (SSSR count). The summed E-state index contributed by atoms with van der Waals surface area (Å²) in [6.45, 7) is 2.06. The van der Waals surface area contributed by atoms with Crippen molar-refractivity contribution in [3.05, 3.63) is 77.4 Å². The summed E-state index contributed by atoms with van der Waals surface area (Å²) in [6, 6.07) is 17.4. The molecule has 3 heterocycles. The molecule has 0 bridgehead atoms. The molecule has 0 spiro atoms. The van der Waals surface area contributed by atoms with Crippen molar-refractivity contribution in [1.82, 2.24) is 4.98 Å². The smallest absolute Gasteiger partial charge is 0.256 e. The molecule has 122 valence electrons. The number of fused-ring (bicyclic) bond motifs is 1. The van der Waals surface area contributed by atoms with Crippen molar-refractivity contribution in [3.8, 4) is 10.6 Å². The number of pyridine rings is 2. The molecule has 2 N–H and O–H groups in total. The molecule has 0 atom stereocenters. The topological polar surface area (TPSA) is 56.1 Å². The van der Waals surface area contributed by atoms with Crippen molar-refractivity contribution in [2.45, 2.75) is 6.92 Å². The number of hydrogen-bond acceptors (Lipinski definition) is 3. The number of aryl methyl sites for hydroxylation is 1. The van der Waals surface area contributed by atoms with Gasteiger partial charge in [-0.2, -0.15) is 0 Å². The number of carbonyl (C=O) groups excluding carboxylic acids is 1. The number of anilines is 1. The van der Waals surface area contributed by atoms with E-state index < -0.39 is 0 Å². The van der Waals surface area contributed by atoms with Crippen LogP contribution in [0.1, 0.15) is 15.2 Å². The van der Waals surface area contributed by atoms with Gasteiger partial charge >= 0.3 is 0 Å². The third-order valence-electron chi connectivity index (χ3n) is 3.92. The molecule has 5 heteroatoms. The molecule has 4 aromatic rings. The first-order chi connectivity index (χ1) is 12.2. The molecule has 4 nitrogen and oxygen atoms in total. The van der Waals surface area contributed by atoms with Crippen LogP contribution in [0.4, 0.5) is 5.69 Å². The van der Waals surface area contributed by atoms with Gasteiger partial charge in [0, 0.05) is 16.3 Å². The number of nitrogens with one attached hydrogen (secondary N) is 2. The van der Waals surface area contributed by atoms with Crippen molar-refractivity contribution in [2.75, 3.05) is 5.32 Å². The Kier molecular flexibility index (Phi) is 3.99. The molecule has 0 fully saturated rings. The average molecular weight is 346 g/mol. The monoisotopic (exact) mass is 346 g/mol. The molecule has 0 unspecified atom stereocenters. The van der Waals surface area contributed by atoms with E-state index in [-0.39, 0.29) is 5.91 Å². The lowest BCUT2D eigenvalue weighted by Crippen LogP contribution is -2.14. The van der Waals surface area contributed by atoms with E-state index in [9.17, 15) is 4.79 Å². The zero-order valence-corrected chi connectivity index (χ0v) is 14.4. The highest BCUT2D eigenvalue weighted by molar-refractivity contribution is 7.15. The van der Waals surface area contributed by atoms with Gasteiger partial charge in [0.15, 0.2) is 12.4 Å². The first-order valence-corrected chi connectivity index (χ1v) is 8.76. The number of hydrogen-bond donors (Lipinski definition) is 1. The van der Waals surface area contributed by atoms with Crippen LogP contribution in [0.5, 0.6) is 0 Å². The van der Waals surface area contributed by atoms with Gasteiger partial charge in [-0.3, -0.25) is 4.79 Å². The van der Waals surface area contributed by atoms with E-state index in [4.69, 9.17) is 4.98 Å². The fourth-order valence-corrected chi connectivity index (χ4v) is 3.56. The Labute approximate surface area is 149 Å². The second-order valence-electron chi connectivity index (χ2n) is 5.73. The molecule has 0 aliphatic heterocycles. The van der Waals surface area contributed by atoms with Crippen LogP contribution in [0.25, 0.3) is 21.5 Å². The minimum atomic E-state index is -0.146. The van der Waals surface area contributed by atoms with Gasteiger partial charge in [0.2, 0.25) is 0 Å². The van der Waals surface area contributed by atoms with Crippen molar-refractivity contribution >= 4 is 33.8 Å². The van der Waals surface area contributed by atoms with E-state index in [1.54, 1.807) is 23.7 Å². The predicted molar refractivity (Wildman–Crippen MR) is 101 cm³/mol. The molecule has 3 aromatic heterocycles. The largest absolute Gasteiger partial charge is 0.317 e. The second kappa shape index (κ2) is 6.45. The second-order valence-corrected chi connectivity index (χ2v) is 7.02.